The molecule has 0 aromatic carbocycles. The van der Waals surface area contributed by atoms with Gasteiger partial charge in [-0.2, -0.15) is 16.4 Å². The summed E-state index contributed by atoms with van der Waals surface area (Å²) in [6.45, 7) is 2.40. The number of hydrogen-bond donors (Lipinski definition) is 1. The molecule has 0 radical (unpaired) electrons. The van der Waals surface area contributed by atoms with E-state index >= 15 is 0 Å². The number of nitrogens with one attached hydrogen (secondary N) is 1. The van der Waals surface area contributed by atoms with Crippen LogP contribution in [0.25, 0.3) is 0 Å². The molecular weight excluding hydrogens is 439 g/mol. The molecule has 1 aliphatic heterocycles. The number of piperazine rings is 1. The Morgan fingerprint density at radius 3 is 2.88 bits per heavy atom. The van der Waals surface area contributed by atoms with Crippen molar-refractivity contribution in [2.45, 2.75) is 6.54 Å². The number of aliphatic imine (C=N–C) groups is 1. The fourth-order valence-electron chi connectivity index (χ4n) is 2.58. The van der Waals surface area contributed by atoms with Crippen molar-refractivity contribution in [1.82, 2.24) is 20.0 Å². The van der Waals surface area contributed by atoms with Crippen LogP contribution in [0.2, 0.25) is 0 Å². The highest BCUT2D eigenvalue weighted by Gasteiger charge is 2.27. The lowest BCUT2D eigenvalue weighted by Crippen LogP contribution is -2.55. The molecule has 3 rings (SSSR count). The molecule has 1 N–H and O–H groups in total. The molecule has 1 fully saturated rings. The zero-order valence-electron chi connectivity index (χ0n) is 13.7. The summed E-state index contributed by atoms with van der Waals surface area (Å²) in [7, 11) is 3.59. The minimum absolute atomic E-state index is 0. The first-order chi connectivity index (χ1) is 11.2. The van der Waals surface area contributed by atoms with Gasteiger partial charge in [-0.25, -0.2) is 0 Å². The van der Waals surface area contributed by atoms with Crippen LogP contribution in [0.1, 0.15) is 5.56 Å². The van der Waals surface area contributed by atoms with Crippen molar-refractivity contribution in [1.29, 1.82) is 0 Å². The molecule has 0 spiro atoms. The van der Waals surface area contributed by atoms with Crippen LogP contribution in [-0.2, 0) is 18.4 Å². The molecular formula is C15H21IN6OS. The van der Waals surface area contributed by atoms with Crippen LogP contribution < -0.4 is 10.2 Å². The maximum Gasteiger partial charge on any atom is 0.246 e. The zero-order chi connectivity index (χ0) is 16.2. The molecule has 3 heterocycles. The van der Waals surface area contributed by atoms with Crippen molar-refractivity contribution in [3.8, 4) is 0 Å². The predicted molar refractivity (Wildman–Crippen MR) is 107 cm³/mol. The van der Waals surface area contributed by atoms with E-state index in [0.717, 1.165) is 18.2 Å². The van der Waals surface area contributed by atoms with Gasteiger partial charge < -0.3 is 15.1 Å². The van der Waals surface area contributed by atoms with E-state index in [2.05, 4.69) is 32.2 Å². The Morgan fingerprint density at radius 2 is 2.29 bits per heavy atom. The Labute approximate surface area is 162 Å². The molecule has 0 unspecified atom stereocenters. The quantitative estimate of drug-likeness (QED) is 0.429. The minimum Gasteiger partial charge on any atom is -0.352 e. The molecule has 1 saturated heterocycles. The maximum atomic E-state index is 12.4. The van der Waals surface area contributed by atoms with E-state index in [1.165, 1.54) is 5.56 Å². The van der Waals surface area contributed by atoms with Crippen LogP contribution >= 0.6 is 35.3 Å². The van der Waals surface area contributed by atoms with Gasteiger partial charge in [0, 0.05) is 39.9 Å². The monoisotopic (exact) mass is 460 g/mol. The first-order valence-electron chi connectivity index (χ1n) is 7.43. The van der Waals surface area contributed by atoms with Gasteiger partial charge in [0.25, 0.3) is 0 Å². The summed E-state index contributed by atoms with van der Waals surface area (Å²) < 4.78 is 1.70. The van der Waals surface area contributed by atoms with Crippen LogP contribution in [0.5, 0.6) is 0 Å². The number of rotatable bonds is 3. The summed E-state index contributed by atoms with van der Waals surface area (Å²) in [5, 5.41) is 11.6. The first-order valence-corrected chi connectivity index (χ1v) is 8.37. The number of nitrogens with zero attached hydrogens (tertiary/aromatic N) is 5. The highest BCUT2D eigenvalue weighted by molar-refractivity contribution is 14.0. The third-order valence-corrected chi connectivity index (χ3v) is 4.50. The average molecular weight is 460 g/mol. The molecule has 0 saturated carbocycles. The van der Waals surface area contributed by atoms with Crippen LogP contribution in [0.3, 0.4) is 0 Å². The summed E-state index contributed by atoms with van der Waals surface area (Å²) in [4.78, 5) is 20.5. The predicted octanol–water partition coefficient (Wildman–Crippen LogP) is 1.52. The standard InChI is InChI=1S/C15H20N6OS.HI/c1-16-15(17-7-12-3-6-23-11-12)20-4-5-21(14(22)10-20)13-8-18-19(2)9-13;/h3,6,8-9,11H,4-5,7,10H2,1-2H3,(H,16,17);1H. The van der Waals surface area contributed by atoms with Crippen molar-refractivity contribution in [3.05, 3.63) is 34.8 Å². The van der Waals surface area contributed by atoms with E-state index in [4.69, 9.17) is 0 Å². The third kappa shape index (κ3) is 4.26. The van der Waals surface area contributed by atoms with Gasteiger partial charge in [-0.3, -0.25) is 14.5 Å². The molecule has 0 bridgehead atoms. The highest BCUT2D eigenvalue weighted by atomic mass is 127. The molecule has 0 aliphatic carbocycles. The summed E-state index contributed by atoms with van der Waals surface area (Å²) in [6.07, 6.45) is 3.58. The number of anilines is 1. The fraction of sp³-hybridized carbons (Fsp3) is 0.400. The Kier molecular flexibility index (Phi) is 6.60. The smallest absolute Gasteiger partial charge is 0.246 e. The molecule has 24 heavy (non-hydrogen) atoms. The van der Waals surface area contributed by atoms with Crippen molar-refractivity contribution in [2.24, 2.45) is 12.0 Å². The van der Waals surface area contributed by atoms with Gasteiger partial charge in [-0.05, 0) is 22.4 Å². The van der Waals surface area contributed by atoms with E-state index in [0.29, 0.717) is 19.6 Å². The first kappa shape index (κ1) is 18.7. The maximum absolute atomic E-state index is 12.4. The van der Waals surface area contributed by atoms with Gasteiger partial charge in [-0.15, -0.1) is 24.0 Å². The molecule has 7 nitrogen and oxygen atoms in total. The van der Waals surface area contributed by atoms with E-state index < -0.39 is 0 Å². The number of guanidine groups is 1. The van der Waals surface area contributed by atoms with E-state index in [9.17, 15) is 4.79 Å². The van der Waals surface area contributed by atoms with E-state index in [-0.39, 0.29) is 29.9 Å². The number of thiophene rings is 1. The van der Waals surface area contributed by atoms with Crippen molar-refractivity contribution < 1.29 is 4.79 Å². The fourth-order valence-corrected chi connectivity index (χ4v) is 3.25. The second kappa shape index (κ2) is 8.47. The van der Waals surface area contributed by atoms with Gasteiger partial charge in [0.15, 0.2) is 5.96 Å². The molecule has 0 atom stereocenters. The lowest BCUT2D eigenvalue weighted by atomic mass is 10.3. The van der Waals surface area contributed by atoms with Gasteiger partial charge in [-0.1, -0.05) is 0 Å². The van der Waals surface area contributed by atoms with Gasteiger partial charge in [0.1, 0.15) is 6.54 Å². The van der Waals surface area contributed by atoms with Crippen LogP contribution in [-0.4, -0.2) is 53.2 Å². The zero-order valence-corrected chi connectivity index (χ0v) is 16.8. The van der Waals surface area contributed by atoms with Crippen LogP contribution in [0.4, 0.5) is 5.69 Å². The Balaban J connectivity index is 0.00000208. The minimum atomic E-state index is 0. The molecule has 1 aliphatic rings. The molecule has 2 aromatic heterocycles. The molecule has 2 aromatic rings. The summed E-state index contributed by atoms with van der Waals surface area (Å²) in [6, 6.07) is 2.08. The second-order valence-corrected chi connectivity index (χ2v) is 6.15. The van der Waals surface area contributed by atoms with Crippen molar-refractivity contribution in [2.75, 3.05) is 31.6 Å². The average Bonchev–Trinajstić information content (AvgIpc) is 3.20. The van der Waals surface area contributed by atoms with Crippen LogP contribution in [0.15, 0.2) is 34.2 Å². The van der Waals surface area contributed by atoms with Gasteiger partial charge in [0.2, 0.25) is 5.91 Å². The molecule has 9 heteroatoms. The Morgan fingerprint density at radius 1 is 1.46 bits per heavy atom. The number of carbonyl (C=O) groups is 1. The number of carbonyl (C=O) groups excluding carboxylic acids is 1. The molecule has 130 valence electrons. The second-order valence-electron chi connectivity index (χ2n) is 5.37. The summed E-state index contributed by atoms with van der Waals surface area (Å²) in [5.74, 6) is 0.818. The Hall–Kier alpha value is -1.62. The summed E-state index contributed by atoms with van der Waals surface area (Å²) in [5.41, 5.74) is 2.06. The normalized spacial score (nSPS) is 15.4. The lowest BCUT2D eigenvalue weighted by Gasteiger charge is -2.35. The lowest BCUT2D eigenvalue weighted by molar-refractivity contribution is -0.120. The number of amides is 1. The number of aryl methyl sites for hydroxylation is 1. The highest BCUT2D eigenvalue weighted by Crippen LogP contribution is 2.16. The number of halogens is 1. The summed E-state index contributed by atoms with van der Waals surface area (Å²) >= 11 is 1.67. The van der Waals surface area contributed by atoms with Crippen molar-refractivity contribution in [3.63, 3.8) is 0 Å². The molecule has 1 amide bonds. The number of hydrogen-bond acceptors (Lipinski definition) is 4. The largest absolute Gasteiger partial charge is 0.352 e. The van der Waals surface area contributed by atoms with Crippen LogP contribution in [0, 0.1) is 0 Å². The topological polar surface area (TPSA) is 65.8 Å². The number of aromatic nitrogens is 2. The van der Waals surface area contributed by atoms with E-state index in [1.807, 2.05) is 18.1 Å². The van der Waals surface area contributed by atoms with Gasteiger partial charge in [0.05, 0.1) is 11.9 Å². The van der Waals surface area contributed by atoms with Gasteiger partial charge >= 0.3 is 0 Å². The van der Waals surface area contributed by atoms with E-state index in [1.54, 1.807) is 34.2 Å². The Bertz CT molecular complexity index is 699. The van der Waals surface area contributed by atoms with Crippen molar-refractivity contribution >= 4 is 52.9 Å². The SMILES string of the molecule is CN=C(NCc1ccsc1)N1CCN(c2cnn(C)c2)C(=O)C1.I. The third-order valence-electron chi connectivity index (χ3n) is 3.77.